The minimum Gasteiger partial charge on any atom is -0.385 e. The van der Waals surface area contributed by atoms with Crippen LogP contribution >= 0.6 is 0 Å². The van der Waals surface area contributed by atoms with Gasteiger partial charge in [-0.25, -0.2) is 0 Å². The molecule has 0 aliphatic carbocycles. The summed E-state index contributed by atoms with van der Waals surface area (Å²) in [7, 11) is 4.04. The Morgan fingerprint density at radius 2 is 2.09 bits per heavy atom. The maximum atomic E-state index is 5.26. The maximum Gasteiger partial charge on any atom is 0.0485 e. The van der Waals surface area contributed by atoms with Crippen LogP contribution in [0.25, 0.3) is 10.9 Å². The van der Waals surface area contributed by atoms with Gasteiger partial charge in [-0.1, -0.05) is 18.2 Å². The van der Waals surface area contributed by atoms with Gasteiger partial charge in [-0.15, -0.1) is 0 Å². The molecule has 3 heteroatoms. The van der Waals surface area contributed by atoms with Crippen molar-refractivity contribution < 1.29 is 4.74 Å². The monoisotopic (exact) mass is 300 g/mol. The molecule has 1 atom stereocenters. The molecular weight excluding hydrogens is 272 g/mol. The average molecular weight is 300 g/mol. The second kappa shape index (κ2) is 6.84. The highest BCUT2D eigenvalue weighted by atomic mass is 16.5. The molecule has 0 spiro atoms. The molecule has 120 valence electrons. The van der Waals surface area contributed by atoms with Crippen molar-refractivity contribution in [3.63, 3.8) is 0 Å². The van der Waals surface area contributed by atoms with Gasteiger partial charge in [-0.3, -0.25) is 0 Å². The van der Waals surface area contributed by atoms with Crippen LogP contribution in [0, 0.1) is 6.92 Å². The topological polar surface area (TPSA) is 17.4 Å². The number of aromatic nitrogens is 1. The molecule has 1 aliphatic rings. The van der Waals surface area contributed by atoms with Gasteiger partial charge in [0.25, 0.3) is 0 Å². The van der Waals surface area contributed by atoms with Gasteiger partial charge in [0.2, 0.25) is 0 Å². The van der Waals surface area contributed by atoms with Gasteiger partial charge in [-0.2, -0.15) is 0 Å². The Kier molecular flexibility index (Phi) is 4.84. The molecule has 0 saturated carbocycles. The largest absolute Gasteiger partial charge is 0.385 e. The number of nitrogens with zero attached hydrogens (tertiary/aromatic N) is 2. The standard InChI is InChI=1S/C19H28N2O/c1-15-17-9-4-5-10-18(17)21(12-7-13-22-3)19(15)16-8-6-11-20(2)14-16/h4-5,9-10,16H,6-8,11-14H2,1-3H3. The number of likely N-dealkylation sites (tertiary alicyclic amines) is 1. The Morgan fingerprint density at radius 3 is 2.86 bits per heavy atom. The highest BCUT2D eigenvalue weighted by molar-refractivity contribution is 5.85. The first-order chi connectivity index (χ1) is 10.7. The van der Waals surface area contributed by atoms with Gasteiger partial charge < -0.3 is 14.2 Å². The first-order valence-corrected chi connectivity index (χ1v) is 8.47. The zero-order valence-corrected chi connectivity index (χ0v) is 14.1. The Labute approximate surface area is 133 Å². The second-order valence-corrected chi connectivity index (χ2v) is 6.63. The van der Waals surface area contributed by atoms with E-state index >= 15 is 0 Å². The van der Waals surface area contributed by atoms with E-state index in [4.69, 9.17) is 4.74 Å². The Bertz CT molecular complexity index is 632. The molecule has 2 heterocycles. The maximum absolute atomic E-state index is 5.26. The first kappa shape index (κ1) is 15.6. The summed E-state index contributed by atoms with van der Waals surface area (Å²) in [5.41, 5.74) is 4.43. The molecule has 3 nitrogen and oxygen atoms in total. The smallest absolute Gasteiger partial charge is 0.0485 e. The Balaban J connectivity index is 2.02. The summed E-state index contributed by atoms with van der Waals surface area (Å²) >= 11 is 0. The van der Waals surface area contributed by atoms with E-state index in [9.17, 15) is 0 Å². The third-order valence-electron chi connectivity index (χ3n) is 5.02. The minimum atomic E-state index is 0.661. The van der Waals surface area contributed by atoms with Crippen molar-refractivity contribution in [2.24, 2.45) is 0 Å². The van der Waals surface area contributed by atoms with Crippen LogP contribution < -0.4 is 0 Å². The van der Waals surface area contributed by atoms with Crippen LogP contribution in [-0.4, -0.2) is 43.3 Å². The van der Waals surface area contributed by atoms with Crippen LogP contribution in [0.5, 0.6) is 0 Å². The van der Waals surface area contributed by atoms with Crippen molar-refractivity contribution in [1.29, 1.82) is 0 Å². The summed E-state index contributed by atoms with van der Waals surface area (Å²) in [5.74, 6) is 0.661. The van der Waals surface area contributed by atoms with Crippen molar-refractivity contribution in [2.45, 2.75) is 38.6 Å². The first-order valence-electron chi connectivity index (χ1n) is 8.47. The van der Waals surface area contributed by atoms with E-state index in [0.717, 1.165) is 19.6 Å². The fraction of sp³-hybridized carbons (Fsp3) is 0.579. The number of likely N-dealkylation sites (N-methyl/N-ethyl adjacent to an activating group) is 1. The number of para-hydroxylation sites is 1. The van der Waals surface area contributed by atoms with Crippen molar-refractivity contribution in [1.82, 2.24) is 9.47 Å². The lowest BCUT2D eigenvalue weighted by Crippen LogP contribution is -2.32. The second-order valence-electron chi connectivity index (χ2n) is 6.63. The molecule has 1 aliphatic heterocycles. The molecule has 1 unspecified atom stereocenters. The summed E-state index contributed by atoms with van der Waals surface area (Å²) in [4.78, 5) is 2.48. The third-order valence-corrected chi connectivity index (χ3v) is 5.02. The fourth-order valence-corrected chi connectivity index (χ4v) is 4.02. The van der Waals surface area contributed by atoms with Crippen molar-refractivity contribution >= 4 is 10.9 Å². The van der Waals surface area contributed by atoms with Crippen molar-refractivity contribution in [3.8, 4) is 0 Å². The van der Waals surface area contributed by atoms with Gasteiger partial charge in [-0.05, 0) is 51.4 Å². The molecule has 0 bridgehead atoms. The van der Waals surface area contributed by atoms with E-state index in [1.165, 1.54) is 42.4 Å². The van der Waals surface area contributed by atoms with Gasteiger partial charge in [0.05, 0.1) is 0 Å². The molecule has 1 aromatic heterocycles. The van der Waals surface area contributed by atoms with Gasteiger partial charge in [0.15, 0.2) is 0 Å². The van der Waals surface area contributed by atoms with E-state index in [2.05, 4.69) is 47.7 Å². The molecule has 2 aromatic rings. The zero-order chi connectivity index (χ0) is 15.5. The molecule has 3 rings (SSSR count). The van der Waals surface area contributed by atoms with Crippen molar-refractivity contribution in [3.05, 3.63) is 35.5 Å². The fourth-order valence-electron chi connectivity index (χ4n) is 4.02. The number of benzene rings is 1. The van der Waals surface area contributed by atoms with E-state index in [1.54, 1.807) is 12.8 Å². The molecule has 22 heavy (non-hydrogen) atoms. The number of aryl methyl sites for hydroxylation is 2. The Hall–Kier alpha value is -1.32. The number of ether oxygens (including phenoxy) is 1. The highest BCUT2D eigenvalue weighted by Crippen LogP contribution is 2.35. The van der Waals surface area contributed by atoms with Gasteiger partial charge in [0, 0.05) is 49.3 Å². The van der Waals surface area contributed by atoms with Crippen LogP contribution in [0.1, 0.15) is 36.4 Å². The third kappa shape index (κ3) is 2.92. The molecule has 1 saturated heterocycles. The van der Waals surface area contributed by atoms with Crippen LogP contribution in [0.3, 0.4) is 0 Å². The van der Waals surface area contributed by atoms with Gasteiger partial charge >= 0.3 is 0 Å². The highest BCUT2D eigenvalue weighted by Gasteiger charge is 2.25. The number of rotatable bonds is 5. The molecular formula is C19H28N2O. The van der Waals surface area contributed by atoms with Crippen LogP contribution in [0.2, 0.25) is 0 Å². The Morgan fingerprint density at radius 1 is 1.27 bits per heavy atom. The number of methoxy groups -OCH3 is 1. The van der Waals surface area contributed by atoms with E-state index in [0.29, 0.717) is 5.92 Å². The summed E-state index contributed by atoms with van der Waals surface area (Å²) in [5, 5.41) is 1.42. The quantitative estimate of drug-likeness (QED) is 0.782. The lowest BCUT2D eigenvalue weighted by molar-refractivity contribution is 0.189. The summed E-state index contributed by atoms with van der Waals surface area (Å²) < 4.78 is 7.83. The zero-order valence-electron chi connectivity index (χ0n) is 14.1. The van der Waals surface area contributed by atoms with Crippen LogP contribution in [-0.2, 0) is 11.3 Å². The summed E-state index contributed by atoms with van der Waals surface area (Å²) in [6, 6.07) is 8.86. The predicted molar refractivity (Wildman–Crippen MR) is 92.6 cm³/mol. The normalized spacial score (nSPS) is 19.9. The molecule has 0 amide bonds. The average Bonchev–Trinajstić information content (AvgIpc) is 2.81. The molecule has 0 N–H and O–H groups in total. The lowest BCUT2D eigenvalue weighted by atomic mass is 9.92. The SMILES string of the molecule is COCCCn1c(C2CCCN(C)C2)c(C)c2ccccc21. The summed E-state index contributed by atoms with van der Waals surface area (Å²) in [6.45, 7) is 6.60. The van der Waals surface area contributed by atoms with Crippen LogP contribution in [0.4, 0.5) is 0 Å². The summed E-state index contributed by atoms with van der Waals surface area (Å²) in [6.07, 6.45) is 3.69. The number of hydrogen-bond acceptors (Lipinski definition) is 2. The number of hydrogen-bond donors (Lipinski definition) is 0. The molecule has 0 radical (unpaired) electrons. The van der Waals surface area contributed by atoms with E-state index in [-0.39, 0.29) is 0 Å². The minimum absolute atomic E-state index is 0.661. The number of fused-ring (bicyclic) bond motifs is 1. The van der Waals surface area contributed by atoms with Crippen LogP contribution in [0.15, 0.2) is 24.3 Å². The lowest BCUT2D eigenvalue weighted by Gasteiger charge is -2.31. The van der Waals surface area contributed by atoms with E-state index < -0.39 is 0 Å². The predicted octanol–water partition coefficient (Wildman–Crippen LogP) is 3.80. The molecule has 1 aromatic carbocycles. The van der Waals surface area contributed by atoms with E-state index in [1.807, 2.05) is 0 Å². The number of piperidine rings is 1. The van der Waals surface area contributed by atoms with Gasteiger partial charge in [0.1, 0.15) is 0 Å². The molecule has 1 fully saturated rings. The van der Waals surface area contributed by atoms with Crippen molar-refractivity contribution in [2.75, 3.05) is 33.9 Å².